The van der Waals surface area contributed by atoms with Crippen molar-refractivity contribution in [1.82, 2.24) is 0 Å². The number of benzene rings is 8. The smallest absolute Gasteiger partial charge is 0.139 e. The van der Waals surface area contributed by atoms with Crippen molar-refractivity contribution in [2.45, 2.75) is 26.2 Å². The van der Waals surface area contributed by atoms with Gasteiger partial charge in [0.25, 0.3) is 0 Å². The normalized spacial score (nSPS) is 11.8. The van der Waals surface area contributed by atoms with Crippen molar-refractivity contribution in [1.29, 1.82) is 0 Å². The Morgan fingerprint density at radius 1 is 0.404 bits per heavy atom. The number of para-hydroxylation sites is 1. The third-order valence-electron chi connectivity index (χ3n) is 10.1. The van der Waals surface area contributed by atoms with Crippen LogP contribution in [0.3, 0.4) is 0 Å². The average Bonchev–Trinajstić information content (AvgIpc) is 3.59. The van der Waals surface area contributed by atoms with E-state index >= 15 is 0 Å². The summed E-state index contributed by atoms with van der Waals surface area (Å²) in [6.45, 7) is 6.79. The molecule has 8 aromatic carbocycles. The molecule has 1 aromatic heterocycles. The van der Waals surface area contributed by atoms with Gasteiger partial charge in [-0.3, -0.25) is 0 Å². The maximum Gasteiger partial charge on any atom is 0.139 e. The first kappa shape index (κ1) is 31.6. The third-order valence-corrected chi connectivity index (χ3v) is 10.1. The fourth-order valence-corrected chi connectivity index (χ4v) is 7.67. The molecule has 0 aliphatic carbocycles. The number of nitrogens with zero attached hydrogens (tertiary/aromatic N) is 1. The molecule has 9 aromatic rings. The van der Waals surface area contributed by atoms with Gasteiger partial charge in [-0.25, -0.2) is 0 Å². The van der Waals surface area contributed by atoms with E-state index in [0.717, 1.165) is 34.0 Å². The molecule has 2 heteroatoms. The molecule has 2 nitrogen and oxygen atoms in total. The fourth-order valence-electron chi connectivity index (χ4n) is 7.67. The van der Waals surface area contributed by atoms with E-state index in [9.17, 15) is 0 Å². The van der Waals surface area contributed by atoms with Crippen LogP contribution in [0.15, 0.2) is 186 Å². The zero-order valence-electron chi connectivity index (χ0n) is 29.7. The second-order valence-corrected chi connectivity index (χ2v) is 14.6. The first-order valence-corrected chi connectivity index (χ1v) is 18.0. The van der Waals surface area contributed by atoms with Crippen LogP contribution < -0.4 is 4.90 Å². The van der Waals surface area contributed by atoms with Crippen LogP contribution in [0.25, 0.3) is 66.1 Å². The maximum atomic E-state index is 6.63. The largest absolute Gasteiger partial charge is 0.456 e. The van der Waals surface area contributed by atoms with E-state index in [1.807, 2.05) is 6.07 Å². The average molecular weight is 670 g/mol. The highest BCUT2D eigenvalue weighted by Gasteiger charge is 2.26. The Morgan fingerprint density at radius 3 is 1.75 bits per heavy atom. The van der Waals surface area contributed by atoms with Crippen molar-refractivity contribution in [3.63, 3.8) is 0 Å². The van der Waals surface area contributed by atoms with Crippen molar-refractivity contribution in [3.05, 3.63) is 188 Å². The molecule has 0 aliphatic heterocycles. The first-order chi connectivity index (χ1) is 25.4. The predicted octanol–water partition coefficient (Wildman–Crippen LogP) is 14.5. The van der Waals surface area contributed by atoms with E-state index in [2.05, 4.69) is 202 Å². The van der Waals surface area contributed by atoms with Gasteiger partial charge >= 0.3 is 0 Å². The summed E-state index contributed by atoms with van der Waals surface area (Å²) in [6.07, 6.45) is 0. The summed E-state index contributed by atoms with van der Waals surface area (Å²) in [7, 11) is 0. The summed E-state index contributed by atoms with van der Waals surface area (Å²) in [4.78, 5) is 2.35. The summed E-state index contributed by atoms with van der Waals surface area (Å²) in [6, 6.07) is 65.4. The van der Waals surface area contributed by atoms with Crippen LogP contribution in [0.5, 0.6) is 0 Å². The Bertz CT molecular complexity index is 2700. The molecule has 9 rings (SSSR count). The lowest BCUT2D eigenvalue weighted by molar-refractivity contribution is 0.568. The van der Waals surface area contributed by atoms with Crippen LogP contribution in [0.1, 0.15) is 26.3 Å². The number of hydrogen-bond donors (Lipinski definition) is 0. The molecular weight excluding hydrogens is 631 g/mol. The number of anilines is 3. The molecule has 0 saturated heterocycles. The van der Waals surface area contributed by atoms with Gasteiger partial charge < -0.3 is 9.32 Å². The maximum absolute atomic E-state index is 6.63. The summed E-state index contributed by atoms with van der Waals surface area (Å²) < 4.78 is 6.63. The van der Waals surface area contributed by atoms with E-state index < -0.39 is 0 Å². The van der Waals surface area contributed by atoms with Gasteiger partial charge in [-0.1, -0.05) is 154 Å². The van der Waals surface area contributed by atoms with Gasteiger partial charge in [0.05, 0.1) is 0 Å². The Labute approximate surface area is 305 Å². The standard InChI is InChI=1S/C50H39NO/c1-50(2,3)48-46-19-8-9-21-47(46)52-49(48)40-16-10-17-43(33-40)51(41-28-24-35(25-29-41)39-23-22-34-12-4-5-14-38(34)32-39)42-30-26-37(27-31-42)45-20-11-15-36-13-6-7-18-44(36)45/h4-33H,1-3H3. The van der Waals surface area contributed by atoms with Gasteiger partial charge in [-0.2, -0.15) is 0 Å². The molecule has 0 amide bonds. The lowest BCUT2D eigenvalue weighted by Crippen LogP contribution is -2.12. The molecule has 0 fully saturated rings. The summed E-state index contributed by atoms with van der Waals surface area (Å²) in [5, 5.41) is 6.16. The third kappa shape index (κ3) is 5.73. The molecule has 0 bridgehead atoms. The minimum atomic E-state index is -0.104. The highest BCUT2D eigenvalue weighted by Crippen LogP contribution is 2.44. The topological polar surface area (TPSA) is 16.4 Å². The second kappa shape index (κ2) is 12.7. The van der Waals surface area contributed by atoms with Gasteiger partial charge in [0.2, 0.25) is 0 Å². The minimum absolute atomic E-state index is 0.104. The summed E-state index contributed by atoms with van der Waals surface area (Å²) in [5.74, 6) is 0.924. The molecule has 0 N–H and O–H groups in total. The number of fused-ring (bicyclic) bond motifs is 3. The first-order valence-electron chi connectivity index (χ1n) is 18.0. The van der Waals surface area contributed by atoms with Gasteiger partial charge in [-0.05, 0) is 97.7 Å². The molecule has 250 valence electrons. The van der Waals surface area contributed by atoms with Crippen LogP contribution >= 0.6 is 0 Å². The lowest BCUT2D eigenvalue weighted by Gasteiger charge is -2.27. The molecule has 0 saturated carbocycles. The molecule has 0 unspecified atom stereocenters. The van der Waals surface area contributed by atoms with Crippen molar-refractivity contribution >= 4 is 49.6 Å². The van der Waals surface area contributed by atoms with Crippen molar-refractivity contribution in [2.75, 3.05) is 4.90 Å². The van der Waals surface area contributed by atoms with E-state index in [4.69, 9.17) is 4.42 Å². The zero-order valence-corrected chi connectivity index (χ0v) is 29.7. The van der Waals surface area contributed by atoms with Gasteiger partial charge in [0.1, 0.15) is 11.3 Å². The highest BCUT2D eigenvalue weighted by molar-refractivity contribution is 5.97. The fraction of sp³-hybridized carbons (Fsp3) is 0.0800. The monoisotopic (exact) mass is 669 g/mol. The van der Waals surface area contributed by atoms with Crippen molar-refractivity contribution in [2.24, 2.45) is 0 Å². The van der Waals surface area contributed by atoms with Crippen molar-refractivity contribution < 1.29 is 4.42 Å². The molecule has 0 atom stereocenters. The molecule has 0 spiro atoms. The van der Waals surface area contributed by atoms with E-state index in [1.165, 1.54) is 54.7 Å². The molecular formula is C50H39NO. The van der Waals surface area contributed by atoms with Crippen LogP contribution in [0, 0.1) is 0 Å². The van der Waals surface area contributed by atoms with Crippen molar-refractivity contribution in [3.8, 4) is 33.6 Å². The summed E-state index contributed by atoms with van der Waals surface area (Å²) >= 11 is 0. The number of hydrogen-bond acceptors (Lipinski definition) is 2. The summed E-state index contributed by atoms with van der Waals surface area (Å²) in [5.41, 5.74) is 11.1. The second-order valence-electron chi connectivity index (χ2n) is 14.6. The van der Waals surface area contributed by atoms with E-state index in [-0.39, 0.29) is 5.41 Å². The van der Waals surface area contributed by atoms with Crippen LogP contribution in [0.2, 0.25) is 0 Å². The zero-order chi connectivity index (χ0) is 35.2. The molecule has 1 heterocycles. The van der Waals surface area contributed by atoms with Gasteiger partial charge in [0.15, 0.2) is 0 Å². The quantitative estimate of drug-likeness (QED) is 0.175. The van der Waals surface area contributed by atoms with E-state index in [0.29, 0.717) is 0 Å². The minimum Gasteiger partial charge on any atom is -0.456 e. The molecule has 0 radical (unpaired) electrons. The SMILES string of the molecule is CC(C)(C)c1c(-c2cccc(N(c3ccc(-c4ccc5ccccc5c4)cc3)c3ccc(-c4cccc5ccccc45)cc3)c2)oc2ccccc12. The van der Waals surface area contributed by atoms with Crippen LogP contribution in [0.4, 0.5) is 17.1 Å². The Balaban J connectivity index is 1.16. The van der Waals surface area contributed by atoms with Gasteiger partial charge in [0, 0.05) is 33.6 Å². The van der Waals surface area contributed by atoms with Gasteiger partial charge in [-0.15, -0.1) is 0 Å². The highest BCUT2D eigenvalue weighted by atomic mass is 16.3. The Morgan fingerprint density at radius 2 is 1.00 bits per heavy atom. The number of rotatable bonds is 6. The van der Waals surface area contributed by atoms with Crippen LogP contribution in [-0.2, 0) is 5.41 Å². The Hall–Kier alpha value is -6.38. The molecule has 0 aliphatic rings. The van der Waals surface area contributed by atoms with Crippen LogP contribution in [-0.4, -0.2) is 0 Å². The Kier molecular flexibility index (Phi) is 7.74. The predicted molar refractivity (Wildman–Crippen MR) is 221 cm³/mol. The molecule has 52 heavy (non-hydrogen) atoms. The lowest BCUT2D eigenvalue weighted by atomic mass is 9.83. The number of furan rings is 1. The van der Waals surface area contributed by atoms with E-state index in [1.54, 1.807) is 0 Å².